The van der Waals surface area contributed by atoms with E-state index in [1.54, 1.807) is 6.92 Å². The molecule has 1 aromatic heterocycles. The minimum absolute atomic E-state index is 0.0865. The van der Waals surface area contributed by atoms with Crippen LogP contribution in [-0.2, 0) is 9.59 Å². The first-order chi connectivity index (χ1) is 8.92. The van der Waals surface area contributed by atoms with Crippen molar-refractivity contribution in [3.63, 3.8) is 0 Å². The van der Waals surface area contributed by atoms with Gasteiger partial charge in [0.15, 0.2) is 5.16 Å². The van der Waals surface area contributed by atoms with Crippen molar-refractivity contribution in [1.82, 2.24) is 15.3 Å². The number of carboxylic acid groups (broad SMARTS) is 1. The van der Waals surface area contributed by atoms with Crippen LogP contribution in [0.4, 0.5) is 0 Å². The monoisotopic (exact) mass is 280 g/mol. The number of carbonyl (C=O) groups excluding carboxylic acids is 1. The van der Waals surface area contributed by atoms with E-state index in [4.69, 9.17) is 10.4 Å². The molecule has 0 aliphatic heterocycles. The van der Waals surface area contributed by atoms with E-state index in [2.05, 4.69) is 15.3 Å². The SMILES string of the molecule is CC(=O)NC(CSc1nc(C)cc(C#N)n1)C(=O)O. The molecule has 0 saturated carbocycles. The summed E-state index contributed by atoms with van der Waals surface area (Å²) >= 11 is 1.07. The fourth-order valence-corrected chi connectivity index (χ4v) is 2.15. The van der Waals surface area contributed by atoms with Gasteiger partial charge in [0.2, 0.25) is 5.91 Å². The van der Waals surface area contributed by atoms with E-state index in [-0.39, 0.29) is 11.4 Å². The summed E-state index contributed by atoms with van der Waals surface area (Å²) in [7, 11) is 0. The van der Waals surface area contributed by atoms with Crippen LogP contribution in [-0.4, -0.2) is 38.7 Å². The molecule has 19 heavy (non-hydrogen) atoms. The van der Waals surface area contributed by atoms with E-state index in [0.717, 1.165) is 11.8 Å². The molecule has 0 aliphatic carbocycles. The number of hydrogen-bond acceptors (Lipinski definition) is 6. The molecular formula is C11H12N4O3S. The van der Waals surface area contributed by atoms with Gasteiger partial charge in [0, 0.05) is 18.4 Å². The quantitative estimate of drug-likeness (QED) is 0.590. The Balaban J connectivity index is 2.74. The number of nitrogens with zero attached hydrogens (tertiary/aromatic N) is 3. The molecular weight excluding hydrogens is 268 g/mol. The smallest absolute Gasteiger partial charge is 0.327 e. The van der Waals surface area contributed by atoms with Gasteiger partial charge in [-0.15, -0.1) is 0 Å². The number of hydrogen-bond donors (Lipinski definition) is 2. The lowest BCUT2D eigenvalue weighted by Crippen LogP contribution is -2.41. The summed E-state index contributed by atoms with van der Waals surface area (Å²) in [6, 6.07) is 2.42. The summed E-state index contributed by atoms with van der Waals surface area (Å²) in [6.45, 7) is 2.96. The van der Waals surface area contributed by atoms with Gasteiger partial charge in [-0.05, 0) is 13.0 Å². The molecule has 1 rings (SSSR count). The van der Waals surface area contributed by atoms with Gasteiger partial charge in [-0.3, -0.25) is 4.79 Å². The van der Waals surface area contributed by atoms with Gasteiger partial charge >= 0.3 is 5.97 Å². The molecule has 0 aromatic carbocycles. The van der Waals surface area contributed by atoms with E-state index in [1.165, 1.54) is 13.0 Å². The van der Waals surface area contributed by atoms with Crippen LogP contribution in [0.3, 0.4) is 0 Å². The highest BCUT2D eigenvalue weighted by atomic mass is 32.2. The summed E-state index contributed by atoms with van der Waals surface area (Å²) in [5.41, 5.74) is 0.849. The number of thioether (sulfide) groups is 1. The third-order valence-corrected chi connectivity index (χ3v) is 2.94. The first-order valence-corrected chi connectivity index (χ1v) is 6.29. The number of amides is 1. The fraction of sp³-hybridized carbons (Fsp3) is 0.364. The lowest BCUT2D eigenvalue weighted by atomic mass is 10.3. The van der Waals surface area contributed by atoms with Crippen molar-refractivity contribution in [3.8, 4) is 6.07 Å². The molecule has 8 heteroatoms. The van der Waals surface area contributed by atoms with Crippen LogP contribution in [0.2, 0.25) is 0 Å². The van der Waals surface area contributed by atoms with Crippen LogP contribution in [0.15, 0.2) is 11.2 Å². The van der Waals surface area contributed by atoms with Crippen LogP contribution in [0.25, 0.3) is 0 Å². The Bertz CT molecular complexity index is 541. The zero-order valence-electron chi connectivity index (χ0n) is 10.4. The van der Waals surface area contributed by atoms with Gasteiger partial charge < -0.3 is 10.4 Å². The topological polar surface area (TPSA) is 116 Å². The number of nitriles is 1. The number of aromatic nitrogens is 2. The second-order valence-electron chi connectivity index (χ2n) is 3.69. The summed E-state index contributed by atoms with van der Waals surface area (Å²) in [5, 5.41) is 20.3. The minimum atomic E-state index is -1.13. The molecule has 2 N–H and O–H groups in total. The molecule has 0 aliphatic rings. The van der Waals surface area contributed by atoms with Crippen molar-refractivity contribution in [2.75, 3.05) is 5.75 Å². The molecule has 0 radical (unpaired) electrons. The van der Waals surface area contributed by atoms with Crippen LogP contribution < -0.4 is 5.32 Å². The molecule has 100 valence electrons. The van der Waals surface area contributed by atoms with Crippen molar-refractivity contribution in [2.24, 2.45) is 0 Å². The second kappa shape index (κ2) is 6.70. The van der Waals surface area contributed by atoms with Gasteiger partial charge in [0.05, 0.1) is 0 Å². The maximum absolute atomic E-state index is 10.9. The van der Waals surface area contributed by atoms with E-state index >= 15 is 0 Å². The van der Waals surface area contributed by atoms with E-state index in [0.29, 0.717) is 10.9 Å². The normalized spacial score (nSPS) is 11.4. The highest BCUT2D eigenvalue weighted by Crippen LogP contribution is 2.15. The van der Waals surface area contributed by atoms with Gasteiger partial charge in [-0.1, -0.05) is 11.8 Å². The number of aliphatic carboxylic acids is 1. The van der Waals surface area contributed by atoms with Crippen LogP contribution in [0.1, 0.15) is 18.3 Å². The average molecular weight is 280 g/mol. The zero-order valence-corrected chi connectivity index (χ0v) is 11.2. The van der Waals surface area contributed by atoms with E-state index < -0.39 is 17.9 Å². The molecule has 1 atom stereocenters. The van der Waals surface area contributed by atoms with Crippen molar-refractivity contribution in [1.29, 1.82) is 5.26 Å². The van der Waals surface area contributed by atoms with Crippen molar-refractivity contribution < 1.29 is 14.7 Å². The van der Waals surface area contributed by atoms with Crippen LogP contribution >= 0.6 is 11.8 Å². The lowest BCUT2D eigenvalue weighted by Gasteiger charge is -2.12. The van der Waals surface area contributed by atoms with Crippen molar-refractivity contribution >= 4 is 23.6 Å². The predicted octanol–water partition coefficient (Wildman–Crippen LogP) is 0.338. The number of aryl methyl sites for hydroxylation is 1. The number of rotatable bonds is 5. The van der Waals surface area contributed by atoms with Gasteiger partial charge in [0.1, 0.15) is 17.8 Å². The number of nitrogens with one attached hydrogen (secondary N) is 1. The third kappa shape index (κ3) is 4.93. The van der Waals surface area contributed by atoms with Crippen molar-refractivity contribution in [3.05, 3.63) is 17.5 Å². The molecule has 7 nitrogen and oxygen atoms in total. The highest BCUT2D eigenvalue weighted by Gasteiger charge is 2.19. The van der Waals surface area contributed by atoms with Crippen molar-refractivity contribution in [2.45, 2.75) is 25.0 Å². The molecule has 1 amide bonds. The molecule has 1 unspecified atom stereocenters. The first kappa shape index (κ1) is 14.9. The zero-order chi connectivity index (χ0) is 14.4. The maximum atomic E-state index is 10.9. The summed E-state index contributed by atoms with van der Waals surface area (Å²) in [6.07, 6.45) is 0. The summed E-state index contributed by atoms with van der Waals surface area (Å²) in [4.78, 5) is 29.8. The van der Waals surface area contributed by atoms with Crippen LogP contribution in [0.5, 0.6) is 0 Å². The molecule has 1 aromatic rings. The van der Waals surface area contributed by atoms with Gasteiger partial charge in [0.25, 0.3) is 0 Å². The van der Waals surface area contributed by atoms with Gasteiger partial charge in [-0.2, -0.15) is 5.26 Å². The predicted molar refractivity (Wildman–Crippen MR) is 67.4 cm³/mol. The minimum Gasteiger partial charge on any atom is -0.480 e. The maximum Gasteiger partial charge on any atom is 0.327 e. The Kier molecular flexibility index (Phi) is 5.26. The van der Waals surface area contributed by atoms with Crippen LogP contribution in [0, 0.1) is 18.3 Å². The fourth-order valence-electron chi connectivity index (χ4n) is 1.24. The summed E-state index contributed by atoms with van der Waals surface area (Å²) < 4.78 is 0. The Morgan fingerprint density at radius 2 is 2.26 bits per heavy atom. The molecule has 0 bridgehead atoms. The Hall–Kier alpha value is -2.14. The number of carboxylic acids is 1. The molecule has 1 heterocycles. The average Bonchev–Trinajstić information content (AvgIpc) is 2.33. The number of carbonyl (C=O) groups is 2. The molecule has 0 fully saturated rings. The Morgan fingerprint density at radius 1 is 1.58 bits per heavy atom. The Labute approximate surface area is 114 Å². The largest absolute Gasteiger partial charge is 0.480 e. The molecule has 0 spiro atoms. The lowest BCUT2D eigenvalue weighted by molar-refractivity contribution is -0.140. The first-order valence-electron chi connectivity index (χ1n) is 5.31. The van der Waals surface area contributed by atoms with E-state index in [1.807, 2.05) is 6.07 Å². The Morgan fingerprint density at radius 3 is 2.79 bits per heavy atom. The van der Waals surface area contributed by atoms with Gasteiger partial charge in [-0.25, -0.2) is 14.8 Å². The standard InChI is InChI=1S/C11H12N4O3S/c1-6-3-8(4-12)15-11(13-6)19-5-9(10(17)18)14-7(2)16/h3,9H,5H2,1-2H3,(H,14,16)(H,17,18). The second-order valence-corrected chi connectivity index (χ2v) is 4.68. The third-order valence-electron chi connectivity index (χ3n) is 2.00. The summed E-state index contributed by atoms with van der Waals surface area (Å²) in [5.74, 6) is -1.46. The molecule has 0 saturated heterocycles. The van der Waals surface area contributed by atoms with E-state index in [9.17, 15) is 9.59 Å². The highest BCUT2D eigenvalue weighted by molar-refractivity contribution is 7.99.